The number of nitrogens with one attached hydrogen (secondary N) is 2. The summed E-state index contributed by atoms with van der Waals surface area (Å²) in [5.74, 6) is 1.34. The molecule has 2 fully saturated rings. The minimum Gasteiger partial charge on any atom is -0.359 e. The number of guanidine groups is 1. The fraction of sp³-hybridized carbons (Fsp3) is 0.636. The number of carbonyl (C=O) groups is 1. The monoisotopic (exact) mass is 388 g/mol. The molecule has 1 saturated heterocycles. The van der Waals surface area contributed by atoms with Crippen LogP contribution in [0.15, 0.2) is 29.3 Å². The highest BCUT2D eigenvalue weighted by molar-refractivity contribution is 5.80. The Bertz CT molecular complexity index is 674. The summed E-state index contributed by atoms with van der Waals surface area (Å²) >= 11 is 0. The fourth-order valence-electron chi connectivity index (χ4n) is 4.72. The maximum atomic E-state index is 13.4. The van der Waals surface area contributed by atoms with Gasteiger partial charge in [-0.3, -0.25) is 9.79 Å². The van der Waals surface area contributed by atoms with Crippen molar-refractivity contribution in [3.05, 3.63) is 35.6 Å². The van der Waals surface area contributed by atoms with Gasteiger partial charge in [-0.25, -0.2) is 4.39 Å². The van der Waals surface area contributed by atoms with Crippen molar-refractivity contribution in [2.45, 2.75) is 50.4 Å². The van der Waals surface area contributed by atoms with E-state index in [4.69, 9.17) is 0 Å². The molecule has 5 nitrogen and oxygen atoms in total. The van der Waals surface area contributed by atoms with Gasteiger partial charge in [0, 0.05) is 45.6 Å². The van der Waals surface area contributed by atoms with Crippen LogP contribution < -0.4 is 10.6 Å². The first-order valence-corrected chi connectivity index (χ1v) is 10.5. The lowest BCUT2D eigenvalue weighted by molar-refractivity contribution is -0.121. The van der Waals surface area contributed by atoms with E-state index < -0.39 is 0 Å². The lowest BCUT2D eigenvalue weighted by atomic mass is 9.79. The van der Waals surface area contributed by atoms with Crippen LogP contribution in [0.1, 0.15) is 50.5 Å². The molecule has 154 valence electrons. The molecule has 0 atom stereocenters. The molecular formula is C22H33FN4O. The van der Waals surface area contributed by atoms with E-state index >= 15 is 0 Å². The van der Waals surface area contributed by atoms with Crippen molar-refractivity contribution in [3.8, 4) is 0 Å². The number of likely N-dealkylation sites (tertiary alicyclic amines) is 1. The second kappa shape index (κ2) is 9.39. The Morgan fingerprint density at radius 2 is 1.86 bits per heavy atom. The lowest BCUT2D eigenvalue weighted by Gasteiger charge is -2.36. The van der Waals surface area contributed by atoms with E-state index in [0.29, 0.717) is 12.3 Å². The molecule has 2 N–H and O–H groups in total. The van der Waals surface area contributed by atoms with Gasteiger partial charge < -0.3 is 15.5 Å². The average molecular weight is 389 g/mol. The summed E-state index contributed by atoms with van der Waals surface area (Å²) in [7, 11) is 3.53. The third-order valence-electron chi connectivity index (χ3n) is 6.48. The Labute approximate surface area is 167 Å². The molecule has 0 spiro atoms. The maximum absolute atomic E-state index is 13.4. The summed E-state index contributed by atoms with van der Waals surface area (Å²) < 4.78 is 13.4. The van der Waals surface area contributed by atoms with Gasteiger partial charge in [0.15, 0.2) is 5.96 Å². The van der Waals surface area contributed by atoms with Crippen LogP contribution in [-0.2, 0) is 10.2 Å². The molecule has 1 amide bonds. The summed E-state index contributed by atoms with van der Waals surface area (Å²) in [6, 6.07) is 7.02. The summed E-state index contributed by atoms with van der Waals surface area (Å²) in [5, 5.41) is 6.32. The van der Waals surface area contributed by atoms with Gasteiger partial charge in [-0.05, 0) is 49.3 Å². The van der Waals surface area contributed by atoms with Crippen molar-refractivity contribution in [2.24, 2.45) is 10.9 Å². The number of piperidine rings is 1. The number of hydrogen-bond acceptors (Lipinski definition) is 2. The van der Waals surface area contributed by atoms with Crippen molar-refractivity contribution in [2.75, 3.05) is 33.7 Å². The molecule has 2 aliphatic rings. The van der Waals surface area contributed by atoms with Gasteiger partial charge in [-0.15, -0.1) is 0 Å². The summed E-state index contributed by atoms with van der Waals surface area (Å²) in [6.07, 6.45) is 7.30. The molecule has 0 aromatic heterocycles. The van der Waals surface area contributed by atoms with E-state index in [0.717, 1.165) is 51.3 Å². The lowest BCUT2D eigenvalue weighted by Crippen LogP contribution is -2.49. The SMILES string of the molecule is CN=C(NCC1(c2ccc(F)cc2)CCCC1)N1CCC(CC(=O)NC)CC1. The van der Waals surface area contributed by atoms with Gasteiger partial charge in [0.25, 0.3) is 0 Å². The molecule has 6 heteroatoms. The summed E-state index contributed by atoms with van der Waals surface area (Å²) in [4.78, 5) is 18.4. The Morgan fingerprint density at radius 3 is 2.43 bits per heavy atom. The molecule has 1 aromatic carbocycles. The van der Waals surface area contributed by atoms with Gasteiger partial charge >= 0.3 is 0 Å². The number of rotatable bonds is 5. The molecule has 1 heterocycles. The number of carbonyl (C=O) groups excluding carboxylic acids is 1. The minimum atomic E-state index is -0.180. The highest BCUT2D eigenvalue weighted by atomic mass is 19.1. The van der Waals surface area contributed by atoms with Crippen LogP contribution in [0.3, 0.4) is 0 Å². The van der Waals surface area contributed by atoms with Gasteiger partial charge in [0.2, 0.25) is 5.91 Å². The second-order valence-electron chi connectivity index (χ2n) is 8.20. The zero-order chi connectivity index (χ0) is 20.0. The number of hydrogen-bond donors (Lipinski definition) is 2. The summed E-state index contributed by atoms with van der Waals surface area (Å²) in [5.41, 5.74) is 1.28. The normalized spacial score (nSPS) is 20.2. The van der Waals surface area contributed by atoms with Gasteiger partial charge in [-0.2, -0.15) is 0 Å². The average Bonchev–Trinajstić information content (AvgIpc) is 3.20. The van der Waals surface area contributed by atoms with Crippen LogP contribution in [-0.4, -0.2) is 50.5 Å². The molecule has 1 saturated carbocycles. The van der Waals surface area contributed by atoms with Crippen molar-refractivity contribution in [1.82, 2.24) is 15.5 Å². The molecular weight excluding hydrogens is 355 g/mol. The zero-order valence-electron chi connectivity index (χ0n) is 17.1. The molecule has 1 aromatic rings. The first-order valence-electron chi connectivity index (χ1n) is 10.5. The number of nitrogens with zero attached hydrogens (tertiary/aromatic N) is 2. The number of benzene rings is 1. The molecule has 1 aliphatic carbocycles. The van der Waals surface area contributed by atoms with E-state index in [-0.39, 0.29) is 17.1 Å². The second-order valence-corrected chi connectivity index (χ2v) is 8.20. The molecule has 0 unspecified atom stereocenters. The van der Waals surface area contributed by atoms with Crippen LogP contribution in [0, 0.1) is 11.7 Å². The minimum absolute atomic E-state index is 0.0567. The molecule has 0 radical (unpaired) electrons. The quantitative estimate of drug-likeness (QED) is 0.602. The number of amides is 1. The van der Waals surface area contributed by atoms with Gasteiger partial charge in [0.05, 0.1) is 0 Å². The smallest absolute Gasteiger partial charge is 0.220 e. The van der Waals surface area contributed by atoms with Crippen LogP contribution in [0.2, 0.25) is 0 Å². The van der Waals surface area contributed by atoms with E-state index in [2.05, 4.69) is 20.5 Å². The first-order chi connectivity index (χ1) is 13.6. The van der Waals surface area contributed by atoms with Crippen LogP contribution in [0.25, 0.3) is 0 Å². The van der Waals surface area contributed by atoms with Gasteiger partial charge in [-0.1, -0.05) is 25.0 Å². The zero-order valence-corrected chi connectivity index (χ0v) is 17.1. The maximum Gasteiger partial charge on any atom is 0.220 e. The largest absolute Gasteiger partial charge is 0.359 e. The Kier molecular flexibility index (Phi) is 6.92. The van der Waals surface area contributed by atoms with E-state index in [1.807, 2.05) is 19.2 Å². The molecule has 28 heavy (non-hydrogen) atoms. The molecule has 1 aliphatic heterocycles. The number of halogens is 1. The summed E-state index contributed by atoms with van der Waals surface area (Å²) in [6.45, 7) is 2.67. The van der Waals surface area contributed by atoms with Crippen LogP contribution in [0.5, 0.6) is 0 Å². The Balaban J connectivity index is 1.59. The Hall–Kier alpha value is -2.11. The van der Waals surface area contributed by atoms with Crippen molar-refractivity contribution < 1.29 is 9.18 Å². The molecule has 0 bridgehead atoms. The van der Waals surface area contributed by atoms with Gasteiger partial charge in [0.1, 0.15) is 5.82 Å². The highest BCUT2D eigenvalue weighted by Gasteiger charge is 2.36. The third-order valence-corrected chi connectivity index (χ3v) is 6.48. The van der Waals surface area contributed by atoms with E-state index in [1.165, 1.54) is 18.4 Å². The fourth-order valence-corrected chi connectivity index (χ4v) is 4.72. The number of aliphatic imine (C=N–C) groups is 1. The van der Waals surface area contributed by atoms with Crippen molar-refractivity contribution >= 4 is 11.9 Å². The Morgan fingerprint density at radius 1 is 1.21 bits per heavy atom. The standard InChI is InChI=1S/C22H33FN4O/c1-24-20(28)15-17-9-13-27(14-10-17)21(25-2)26-16-22(11-3-4-12-22)18-5-7-19(23)8-6-18/h5-8,17H,3-4,9-16H2,1-2H3,(H,24,28)(H,25,26). The van der Waals surface area contributed by atoms with Crippen LogP contribution in [0.4, 0.5) is 4.39 Å². The first kappa shape index (κ1) is 20.6. The van der Waals surface area contributed by atoms with Crippen molar-refractivity contribution in [1.29, 1.82) is 0 Å². The topological polar surface area (TPSA) is 56.7 Å². The van der Waals surface area contributed by atoms with E-state index in [9.17, 15) is 9.18 Å². The predicted molar refractivity (Wildman–Crippen MR) is 111 cm³/mol. The van der Waals surface area contributed by atoms with E-state index in [1.54, 1.807) is 19.2 Å². The third kappa shape index (κ3) is 4.83. The van der Waals surface area contributed by atoms with Crippen LogP contribution >= 0.6 is 0 Å². The predicted octanol–water partition coefficient (Wildman–Crippen LogP) is 3.06. The highest BCUT2D eigenvalue weighted by Crippen LogP contribution is 2.40. The molecule has 3 rings (SSSR count). The van der Waals surface area contributed by atoms with Crippen molar-refractivity contribution in [3.63, 3.8) is 0 Å².